The molecule has 0 spiro atoms. The number of benzene rings is 2. The fourth-order valence-electron chi connectivity index (χ4n) is 3.69. The van der Waals surface area contributed by atoms with Gasteiger partial charge in [0.25, 0.3) is 0 Å². The Morgan fingerprint density at radius 1 is 0.933 bits per heavy atom. The Kier molecular flexibility index (Phi) is 5.13. The second-order valence-corrected chi connectivity index (χ2v) is 7.53. The molecular formula is C23H21N5OS. The van der Waals surface area contributed by atoms with Crippen molar-refractivity contribution in [2.75, 3.05) is 13.2 Å². The lowest BCUT2D eigenvalue weighted by Crippen LogP contribution is -2.29. The molecule has 4 aromatic rings. The summed E-state index contributed by atoms with van der Waals surface area (Å²) in [5.41, 5.74) is 3.15. The first-order valence-corrected chi connectivity index (χ1v) is 10.3. The monoisotopic (exact) mass is 415 g/mol. The zero-order chi connectivity index (χ0) is 20.3. The fourth-order valence-corrected chi connectivity index (χ4v) is 3.98. The van der Waals surface area contributed by atoms with Crippen LogP contribution >= 0.6 is 12.2 Å². The fraction of sp³-hybridized carbons (Fsp3) is 0.174. The third kappa shape index (κ3) is 3.65. The molecule has 0 atom stereocenters. The van der Waals surface area contributed by atoms with Gasteiger partial charge in [0.05, 0.1) is 6.67 Å². The molecule has 0 saturated carbocycles. The highest BCUT2D eigenvalue weighted by Crippen LogP contribution is 2.25. The molecule has 0 aliphatic carbocycles. The number of nitrogens with zero attached hydrogens (tertiary/aromatic N) is 5. The quantitative estimate of drug-likeness (QED) is 0.465. The molecule has 150 valence electrons. The lowest BCUT2D eigenvalue weighted by molar-refractivity contribution is 0.177. The standard InChI is InChI=1S/C23H21N5OS/c30-23-27(17-26-14-15-29-21-9-5-4-6-19(21)16-26)25-22(18-10-12-24-13-11-18)28(23)20-7-2-1-3-8-20/h1-13H,14-17H2. The molecule has 0 unspecified atom stereocenters. The Balaban J connectivity index is 1.53. The van der Waals surface area contributed by atoms with Gasteiger partial charge >= 0.3 is 0 Å². The number of hydrogen-bond acceptors (Lipinski definition) is 5. The van der Waals surface area contributed by atoms with Crippen LogP contribution in [0.4, 0.5) is 0 Å². The molecule has 0 N–H and O–H groups in total. The normalized spacial score (nSPS) is 14.0. The van der Waals surface area contributed by atoms with Gasteiger partial charge in [0.2, 0.25) is 4.77 Å². The number of ether oxygens (including phenoxy) is 1. The Labute approximate surface area is 180 Å². The number of fused-ring (bicyclic) bond motifs is 1. The largest absolute Gasteiger partial charge is 0.492 e. The molecular weight excluding hydrogens is 394 g/mol. The van der Waals surface area contributed by atoms with Crippen LogP contribution in [0.2, 0.25) is 0 Å². The third-order valence-electron chi connectivity index (χ3n) is 5.16. The number of rotatable bonds is 4. The van der Waals surface area contributed by atoms with Gasteiger partial charge in [0, 0.05) is 42.3 Å². The van der Waals surface area contributed by atoms with Crippen LogP contribution in [-0.4, -0.2) is 37.4 Å². The molecule has 1 aliphatic rings. The number of pyridine rings is 1. The molecule has 3 heterocycles. The van der Waals surface area contributed by atoms with Crippen LogP contribution in [0.3, 0.4) is 0 Å². The van der Waals surface area contributed by atoms with E-state index in [1.54, 1.807) is 12.4 Å². The molecule has 7 heteroatoms. The van der Waals surface area contributed by atoms with E-state index in [0.29, 0.717) is 18.0 Å². The van der Waals surface area contributed by atoms with Crippen molar-refractivity contribution in [3.05, 3.63) is 89.5 Å². The highest BCUT2D eigenvalue weighted by Gasteiger charge is 2.19. The second-order valence-electron chi connectivity index (χ2n) is 7.16. The zero-order valence-electron chi connectivity index (χ0n) is 16.4. The summed E-state index contributed by atoms with van der Waals surface area (Å²) in [6, 6.07) is 22.2. The summed E-state index contributed by atoms with van der Waals surface area (Å²) in [4.78, 5) is 6.44. The topological polar surface area (TPSA) is 48.1 Å². The van der Waals surface area contributed by atoms with Gasteiger partial charge in [-0.15, -0.1) is 5.10 Å². The van der Waals surface area contributed by atoms with Crippen LogP contribution in [0, 0.1) is 4.77 Å². The first kappa shape index (κ1) is 18.7. The van der Waals surface area contributed by atoms with Crippen LogP contribution in [0.1, 0.15) is 5.56 Å². The molecule has 0 fully saturated rings. The maximum absolute atomic E-state index is 5.90. The minimum Gasteiger partial charge on any atom is -0.492 e. The van der Waals surface area contributed by atoms with E-state index in [1.807, 2.05) is 69.9 Å². The highest BCUT2D eigenvalue weighted by molar-refractivity contribution is 7.71. The first-order chi connectivity index (χ1) is 14.8. The maximum Gasteiger partial charge on any atom is 0.204 e. The summed E-state index contributed by atoms with van der Waals surface area (Å²) in [5.74, 6) is 1.76. The third-order valence-corrected chi connectivity index (χ3v) is 5.55. The van der Waals surface area contributed by atoms with Crippen molar-refractivity contribution >= 4 is 12.2 Å². The van der Waals surface area contributed by atoms with E-state index in [-0.39, 0.29) is 0 Å². The van der Waals surface area contributed by atoms with Crippen molar-refractivity contribution < 1.29 is 4.74 Å². The molecule has 1 aliphatic heterocycles. The van der Waals surface area contributed by atoms with Crippen LogP contribution in [-0.2, 0) is 13.2 Å². The summed E-state index contributed by atoms with van der Waals surface area (Å²) < 4.78 is 10.5. The second kappa shape index (κ2) is 8.22. The van der Waals surface area contributed by atoms with Crippen molar-refractivity contribution in [2.24, 2.45) is 0 Å². The molecule has 6 nitrogen and oxygen atoms in total. The highest BCUT2D eigenvalue weighted by atomic mass is 32.1. The minimum atomic E-state index is 0.592. The Morgan fingerprint density at radius 2 is 1.70 bits per heavy atom. The van der Waals surface area contributed by atoms with Crippen molar-refractivity contribution in [3.8, 4) is 22.8 Å². The van der Waals surface area contributed by atoms with E-state index in [0.717, 1.165) is 35.9 Å². The van der Waals surface area contributed by atoms with Gasteiger partial charge in [-0.05, 0) is 42.5 Å². The summed E-state index contributed by atoms with van der Waals surface area (Å²) in [5, 5.41) is 4.90. The minimum absolute atomic E-state index is 0.592. The number of hydrogen-bond donors (Lipinski definition) is 0. The van der Waals surface area contributed by atoms with Gasteiger partial charge in [-0.25, -0.2) is 4.68 Å². The van der Waals surface area contributed by atoms with Gasteiger partial charge in [-0.1, -0.05) is 36.4 Å². The maximum atomic E-state index is 5.90. The van der Waals surface area contributed by atoms with Crippen molar-refractivity contribution in [3.63, 3.8) is 0 Å². The Hall–Kier alpha value is -3.29. The summed E-state index contributed by atoms with van der Waals surface area (Å²) >= 11 is 5.86. The lowest BCUT2D eigenvalue weighted by Gasteiger charge is -2.18. The summed E-state index contributed by atoms with van der Waals surface area (Å²) in [7, 11) is 0. The van der Waals surface area contributed by atoms with Gasteiger partial charge in [0.1, 0.15) is 12.4 Å². The summed E-state index contributed by atoms with van der Waals surface area (Å²) in [6.07, 6.45) is 3.55. The van der Waals surface area contributed by atoms with E-state index in [4.69, 9.17) is 22.1 Å². The van der Waals surface area contributed by atoms with E-state index < -0.39 is 0 Å². The molecule has 0 radical (unpaired) electrons. The number of aromatic nitrogens is 4. The smallest absolute Gasteiger partial charge is 0.204 e. The SMILES string of the molecule is S=c1n(CN2CCOc3ccccc3C2)nc(-c2ccncc2)n1-c1ccccc1. The predicted octanol–water partition coefficient (Wildman–Crippen LogP) is 4.32. The van der Waals surface area contributed by atoms with Crippen LogP contribution in [0.25, 0.3) is 17.1 Å². The molecule has 2 aromatic carbocycles. The van der Waals surface area contributed by atoms with Crippen molar-refractivity contribution in [1.82, 2.24) is 24.2 Å². The van der Waals surface area contributed by atoms with Crippen LogP contribution in [0.5, 0.6) is 5.75 Å². The van der Waals surface area contributed by atoms with Crippen molar-refractivity contribution in [2.45, 2.75) is 13.2 Å². The van der Waals surface area contributed by atoms with Gasteiger partial charge in [-0.3, -0.25) is 14.5 Å². The molecule has 5 rings (SSSR count). The summed E-state index contributed by atoms with van der Waals surface area (Å²) in [6.45, 7) is 2.83. The lowest BCUT2D eigenvalue weighted by atomic mass is 10.2. The van der Waals surface area contributed by atoms with Crippen molar-refractivity contribution in [1.29, 1.82) is 0 Å². The molecule has 0 saturated heterocycles. The average molecular weight is 416 g/mol. The van der Waals surface area contributed by atoms with E-state index >= 15 is 0 Å². The molecule has 30 heavy (non-hydrogen) atoms. The van der Waals surface area contributed by atoms with Gasteiger partial charge < -0.3 is 4.74 Å². The van der Waals surface area contributed by atoms with E-state index in [9.17, 15) is 0 Å². The molecule has 0 amide bonds. The molecule has 2 aromatic heterocycles. The molecule has 0 bridgehead atoms. The predicted molar refractivity (Wildman–Crippen MR) is 118 cm³/mol. The van der Waals surface area contributed by atoms with E-state index in [1.165, 1.54) is 5.56 Å². The van der Waals surface area contributed by atoms with E-state index in [2.05, 4.69) is 16.0 Å². The van der Waals surface area contributed by atoms with Gasteiger partial charge in [0.15, 0.2) is 5.82 Å². The Bertz CT molecular complexity index is 1200. The van der Waals surface area contributed by atoms with Crippen LogP contribution in [0.15, 0.2) is 79.1 Å². The first-order valence-electron chi connectivity index (χ1n) is 9.88. The zero-order valence-corrected chi connectivity index (χ0v) is 17.2. The van der Waals surface area contributed by atoms with Crippen LogP contribution < -0.4 is 4.74 Å². The Morgan fingerprint density at radius 3 is 2.53 bits per heavy atom. The van der Waals surface area contributed by atoms with Gasteiger partial charge in [-0.2, -0.15) is 0 Å². The average Bonchev–Trinajstić information content (AvgIpc) is 2.98. The number of para-hydroxylation sites is 2.